The number of carbonyl (C=O) groups is 1. The molecular formula is C21H27N5O. The first-order chi connectivity index (χ1) is 13.1. The van der Waals surface area contributed by atoms with Gasteiger partial charge in [0.05, 0.1) is 12.4 Å². The molecule has 0 radical (unpaired) electrons. The Bertz CT molecular complexity index is 796. The van der Waals surface area contributed by atoms with Gasteiger partial charge in [-0.25, -0.2) is 4.98 Å². The first kappa shape index (κ1) is 17.9. The summed E-state index contributed by atoms with van der Waals surface area (Å²) in [6, 6.07) is 10.7. The van der Waals surface area contributed by atoms with Crippen LogP contribution < -0.4 is 10.6 Å². The molecule has 142 valence electrons. The van der Waals surface area contributed by atoms with Crippen LogP contribution in [-0.2, 0) is 6.42 Å². The number of rotatable bonds is 5. The summed E-state index contributed by atoms with van der Waals surface area (Å²) in [4.78, 5) is 24.8. The van der Waals surface area contributed by atoms with Gasteiger partial charge in [-0.1, -0.05) is 30.3 Å². The summed E-state index contributed by atoms with van der Waals surface area (Å²) < 4.78 is 0. The number of primary amides is 1. The lowest BCUT2D eigenvalue weighted by Crippen LogP contribution is -2.45. The van der Waals surface area contributed by atoms with Gasteiger partial charge in [0.25, 0.3) is 5.91 Å². The number of carbonyl (C=O) groups excluding carboxylic acids is 1. The third kappa shape index (κ3) is 4.11. The number of amides is 1. The molecule has 2 aliphatic heterocycles. The van der Waals surface area contributed by atoms with E-state index in [1.165, 1.54) is 31.1 Å². The molecule has 2 aliphatic rings. The highest BCUT2D eigenvalue weighted by Gasteiger charge is 2.41. The predicted molar refractivity (Wildman–Crippen MR) is 106 cm³/mol. The minimum Gasteiger partial charge on any atom is -0.364 e. The summed E-state index contributed by atoms with van der Waals surface area (Å²) in [5.41, 5.74) is 7.31. The highest BCUT2D eigenvalue weighted by atomic mass is 16.1. The molecule has 6 heteroatoms. The van der Waals surface area contributed by atoms with Gasteiger partial charge in [-0.05, 0) is 37.8 Å². The molecule has 3 heterocycles. The fourth-order valence-corrected chi connectivity index (χ4v) is 4.52. The molecule has 1 amide bonds. The maximum Gasteiger partial charge on any atom is 0.268 e. The molecule has 0 unspecified atom stereocenters. The Morgan fingerprint density at radius 3 is 2.78 bits per heavy atom. The van der Waals surface area contributed by atoms with E-state index >= 15 is 0 Å². The van der Waals surface area contributed by atoms with E-state index < -0.39 is 5.91 Å². The summed E-state index contributed by atoms with van der Waals surface area (Å²) >= 11 is 0. The molecule has 2 saturated heterocycles. The Hall–Kier alpha value is -2.47. The molecule has 0 bridgehead atoms. The van der Waals surface area contributed by atoms with Crippen LogP contribution in [0.1, 0.15) is 35.3 Å². The van der Waals surface area contributed by atoms with Crippen molar-refractivity contribution in [3.63, 3.8) is 0 Å². The van der Waals surface area contributed by atoms with Crippen LogP contribution in [0.4, 0.5) is 5.82 Å². The summed E-state index contributed by atoms with van der Waals surface area (Å²) in [5.74, 6) is 0.243. The second kappa shape index (κ2) is 7.64. The van der Waals surface area contributed by atoms with E-state index in [0.29, 0.717) is 5.41 Å². The van der Waals surface area contributed by atoms with Gasteiger partial charge >= 0.3 is 0 Å². The summed E-state index contributed by atoms with van der Waals surface area (Å²) in [6.45, 7) is 5.38. The topological polar surface area (TPSA) is 75.4 Å². The van der Waals surface area contributed by atoms with Crippen molar-refractivity contribution >= 4 is 11.7 Å². The summed E-state index contributed by atoms with van der Waals surface area (Å²) in [7, 11) is 0. The molecule has 1 atom stereocenters. The molecule has 2 N–H and O–H groups in total. The van der Waals surface area contributed by atoms with E-state index in [2.05, 4.69) is 50.1 Å². The SMILES string of the molecule is NC(=O)c1cncc(N2CC[C@]3(CCCN(CCc4ccccc4)C3)C2)n1. The molecule has 0 saturated carbocycles. The van der Waals surface area contributed by atoms with Gasteiger partial charge in [0, 0.05) is 31.6 Å². The number of benzene rings is 1. The van der Waals surface area contributed by atoms with Gasteiger partial charge < -0.3 is 15.5 Å². The quantitative estimate of drug-likeness (QED) is 0.878. The van der Waals surface area contributed by atoms with E-state index in [1.807, 2.05) is 0 Å². The van der Waals surface area contributed by atoms with Crippen LogP contribution >= 0.6 is 0 Å². The number of hydrogen-bond acceptors (Lipinski definition) is 5. The van der Waals surface area contributed by atoms with Gasteiger partial charge in [-0.2, -0.15) is 0 Å². The zero-order valence-electron chi connectivity index (χ0n) is 15.7. The monoisotopic (exact) mass is 365 g/mol. The molecule has 6 nitrogen and oxygen atoms in total. The van der Waals surface area contributed by atoms with Crippen molar-refractivity contribution in [1.29, 1.82) is 0 Å². The third-order valence-electron chi connectivity index (χ3n) is 5.94. The predicted octanol–water partition coefficient (Wildman–Crippen LogP) is 2.11. The second-order valence-electron chi connectivity index (χ2n) is 7.91. The number of aromatic nitrogens is 2. The molecule has 1 aromatic carbocycles. The standard InChI is InChI=1S/C21H27N5O/c22-20(27)18-13-23-14-19(24-18)26-12-9-21(16-26)8-4-10-25(15-21)11-7-17-5-2-1-3-6-17/h1-3,5-6,13-14H,4,7-12,15-16H2,(H2,22,27)/t21-/m0/s1. The van der Waals surface area contributed by atoms with Crippen molar-refractivity contribution < 1.29 is 4.79 Å². The van der Waals surface area contributed by atoms with Crippen LogP contribution in [0.15, 0.2) is 42.7 Å². The van der Waals surface area contributed by atoms with Crippen molar-refractivity contribution in [3.8, 4) is 0 Å². The lowest BCUT2D eigenvalue weighted by atomic mass is 9.79. The fourth-order valence-electron chi connectivity index (χ4n) is 4.52. The zero-order valence-corrected chi connectivity index (χ0v) is 15.7. The van der Waals surface area contributed by atoms with Crippen molar-refractivity contribution in [1.82, 2.24) is 14.9 Å². The van der Waals surface area contributed by atoms with Crippen molar-refractivity contribution in [2.75, 3.05) is 37.6 Å². The third-order valence-corrected chi connectivity index (χ3v) is 5.94. The molecule has 0 aliphatic carbocycles. The highest BCUT2D eigenvalue weighted by molar-refractivity contribution is 5.90. The van der Waals surface area contributed by atoms with Gasteiger partial charge in [0.2, 0.25) is 0 Å². The second-order valence-corrected chi connectivity index (χ2v) is 7.91. The van der Waals surface area contributed by atoms with Gasteiger partial charge in [0.15, 0.2) is 0 Å². The van der Waals surface area contributed by atoms with Crippen LogP contribution in [-0.4, -0.2) is 53.5 Å². The van der Waals surface area contributed by atoms with Gasteiger partial charge in [-0.3, -0.25) is 9.78 Å². The molecule has 1 spiro atoms. The zero-order chi connectivity index (χ0) is 18.7. The average Bonchev–Trinajstić information content (AvgIpc) is 3.10. The van der Waals surface area contributed by atoms with Crippen LogP contribution in [0, 0.1) is 5.41 Å². The smallest absolute Gasteiger partial charge is 0.268 e. The van der Waals surface area contributed by atoms with Crippen LogP contribution in [0.5, 0.6) is 0 Å². The number of piperidine rings is 1. The van der Waals surface area contributed by atoms with E-state index in [-0.39, 0.29) is 5.69 Å². The lowest BCUT2D eigenvalue weighted by Gasteiger charge is -2.40. The first-order valence-electron chi connectivity index (χ1n) is 9.77. The largest absolute Gasteiger partial charge is 0.364 e. The van der Waals surface area contributed by atoms with Gasteiger partial charge in [0.1, 0.15) is 11.5 Å². The van der Waals surface area contributed by atoms with E-state index in [1.54, 1.807) is 6.20 Å². The van der Waals surface area contributed by atoms with Crippen molar-refractivity contribution in [2.45, 2.75) is 25.7 Å². The molecular weight excluding hydrogens is 338 g/mol. The number of likely N-dealkylation sites (tertiary alicyclic amines) is 1. The molecule has 27 heavy (non-hydrogen) atoms. The van der Waals surface area contributed by atoms with Crippen LogP contribution in [0.3, 0.4) is 0 Å². The van der Waals surface area contributed by atoms with Gasteiger partial charge in [-0.15, -0.1) is 0 Å². The summed E-state index contributed by atoms with van der Waals surface area (Å²) in [5, 5.41) is 0. The Morgan fingerprint density at radius 2 is 1.96 bits per heavy atom. The maximum atomic E-state index is 11.4. The van der Waals surface area contributed by atoms with E-state index in [4.69, 9.17) is 5.73 Å². The molecule has 2 aromatic rings. The number of anilines is 1. The number of hydrogen-bond donors (Lipinski definition) is 1. The summed E-state index contributed by atoms with van der Waals surface area (Å²) in [6.07, 6.45) is 7.94. The fraction of sp³-hybridized carbons (Fsp3) is 0.476. The molecule has 4 rings (SSSR count). The van der Waals surface area contributed by atoms with E-state index in [9.17, 15) is 4.79 Å². The minimum atomic E-state index is -0.525. The van der Waals surface area contributed by atoms with Crippen molar-refractivity contribution in [2.24, 2.45) is 11.1 Å². The maximum absolute atomic E-state index is 11.4. The van der Waals surface area contributed by atoms with Crippen LogP contribution in [0.25, 0.3) is 0 Å². The minimum absolute atomic E-state index is 0.238. The average molecular weight is 365 g/mol. The molecule has 2 fully saturated rings. The highest BCUT2D eigenvalue weighted by Crippen LogP contribution is 2.40. The Morgan fingerprint density at radius 1 is 1.11 bits per heavy atom. The number of nitrogens with zero attached hydrogens (tertiary/aromatic N) is 4. The van der Waals surface area contributed by atoms with Crippen LogP contribution in [0.2, 0.25) is 0 Å². The Kier molecular flexibility index (Phi) is 5.07. The van der Waals surface area contributed by atoms with E-state index in [0.717, 1.165) is 44.8 Å². The van der Waals surface area contributed by atoms with Crippen molar-refractivity contribution in [3.05, 3.63) is 54.0 Å². The first-order valence-corrected chi connectivity index (χ1v) is 9.77. The normalized spacial score (nSPS) is 23.0. The number of nitrogens with two attached hydrogens (primary N) is 1. The molecule has 1 aromatic heterocycles. The Balaban J connectivity index is 1.39. The Labute approximate surface area is 160 Å². The lowest BCUT2D eigenvalue weighted by molar-refractivity contribution is 0.0995.